The Morgan fingerprint density at radius 3 is 2.50 bits per heavy atom. The highest BCUT2D eigenvalue weighted by atomic mass is 32.1. The summed E-state index contributed by atoms with van der Waals surface area (Å²) in [5.74, 6) is -1.30. The quantitative estimate of drug-likeness (QED) is 0.322. The second-order valence-corrected chi connectivity index (χ2v) is 7.62. The number of ether oxygens (including phenoxy) is 3. The second kappa shape index (κ2) is 7.72. The number of aromatic nitrogens is 3. The van der Waals surface area contributed by atoms with E-state index in [9.17, 15) is 26.7 Å². The molecule has 34 heavy (non-hydrogen) atoms. The van der Waals surface area contributed by atoms with Crippen LogP contribution in [0.1, 0.15) is 10.5 Å². The zero-order valence-electron chi connectivity index (χ0n) is 16.4. The maximum absolute atomic E-state index is 13.2. The minimum Gasteiger partial charge on any atom is -0.406 e. The van der Waals surface area contributed by atoms with Gasteiger partial charge in [0, 0.05) is 23.2 Å². The molecule has 0 spiro atoms. The van der Waals surface area contributed by atoms with E-state index in [0.29, 0.717) is 16.3 Å². The van der Waals surface area contributed by atoms with Gasteiger partial charge >= 0.3 is 12.7 Å². The van der Waals surface area contributed by atoms with Gasteiger partial charge in [-0.1, -0.05) is 0 Å². The molecule has 1 amide bonds. The molecule has 0 saturated heterocycles. The van der Waals surface area contributed by atoms with Crippen LogP contribution < -0.4 is 24.8 Å². The summed E-state index contributed by atoms with van der Waals surface area (Å²) in [4.78, 5) is 23.5. The molecule has 0 aliphatic carbocycles. The zero-order valence-corrected chi connectivity index (χ0v) is 17.2. The monoisotopic (exact) mass is 499 g/mol. The summed E-state index contributed by atoms with van der Waals surface area (Å²) in [7, 11) is 0. The SMILES string of the molecule is O=C(Nc1nc2cc3c(cc2[nH]1)OC(F)(F)O3)c1csc(Nc2ccc(OC(F)(F)F)cc2)n1. The lowest BCUT2D eigenvalue weighted by atomic mass is 10.3. The average Bonchev–Trinajstić information content (AvgIpc) is 3.41. The minimum absolute atomic E-state index is 0.0400. The molecule has 2 aromatic heterocycles. The van der Waals surface area contributed by atoms with Crippen LogP contribution in [0, 0.1) is 0 Å². The lowest BCUT2D eigenvalue weighted by Gasteiger charge is -2.09. The van der Waals surface area contributed by atoms with Crippen molar-refractivity contribution in [3.8, 4) is 17.2 Å². The van der Waals surface area contributed by atoms with Gasteiger partial charge in [0.05, 0.1) is 11.0 Å². The van der Waals surface area contributed by atoms with Gasteiger partial charge in [-0.25, -0.2) is 9.97 Å². The molecule has 1 aliphatic rings. The number of hydrogen-bond acceptors (Lipinski definition) is 8. The number of anilines is 3. The summed E-state index contributed by atoms with van der Waals surface area (Å²) in [6.45, 7) is 0. The van der Waals surface area contributed by atoms with Gasteiger partial charge < -0.3 is 24.5 Å². The highest BCUT2D eigenvalue weighted by molar-refractivity contribution is 7.14. The fraction of sp³-hybridized carbons (Fsp3) is 0.105. The van der Waals surface area contributed by atoms with Crippen molar-refractivity contribution in [1.29, 1.82) is 0 Å². The number of nitrogens with one attached hydrogen (secondary N) is 3. The van der Waals surface area contributed by atoms with Gasteiger partial charge in [0.1, 0.15) is 11.4 Å². The molecule has 3 N–H and O–H groups in total. The maximum atomic E-state index is 13.2. The van der Waals surface area contributed by atoms with Gasteiger partial charge in [-0.15, -0.1) is 33.3 Å². The molecule has 2 aromatic carbocycles. The predicted molar refractivity (Wildman–Crippen MR) is 109 cm³/mol. The van der Waals surface area contributed by atoms with Crippen LogP contribution in [0.15, 0.2) is 41.8 Å². The smallest absolute Gasteiger partial charge is 0.406 e. The van der Waals surface area contributed by atoms with Crippen molar-refractivity contribution in [2.45, 2.75) is 12.7 Å². The van der Waals surface area contributed by atoms with Gasteiger partial charge in [-0.05, 0) is 24.3 Å². The number of rotatable bonds is 5. The zero-order chi connectivity index (χ0) is 24.1. The molecule has 0 fully saturated rings. The van der Waals surface area contributed by atoms with Crippen molar-refractivity contribution in [3.63, 3.8) is 0 Å². The average molecular weight is 499 g/mol. The number of hydrogen-bond donors (Lipinski definition) is 3. The van der Waals surface area contributed by atoms with Crippen LogP contribution in [0.2, 0.25) is 0 Å². The first-order valence-corrected chi connectivity index (χ1v) is 10.1. The number of benzene rings is 2. The summed E-state index contributed by atoms with van der Waals surface area (Å²) in [5.41, 5.74) is 1.05. The number of imidazole rings is 1. The number of aromatic amines is 1. The molecule has 0 saturated carbocycles. The number of carbonyl (C=O) groups is 1. The first kappa shape index (κ1) is 21.7. The second-order valence-electron chi connectivity index (χ2n) is 6.76. The minimum atomic E-state index is -4.79. The van der Waals surface area contributed by atoms with E-state index in [4.69, 9.17) is 0 Å². The molecule has 176 valence electrons. The number of carbonyl (C=O) groups excluding carboxylic acids is 1. The lowest BCUT2D eigenvalue weighted by Crippen LogP contribution is -2.25. The van der Waals surface area contributed by atoms with Crippen molar-refractivity contribution in [3.05, 3.63) is 47.5 Å². The first-order valence-electron chi connectivity index (χ1n) is 9.22. The van der Waals surface area contributed by atoms with Crippen LogP contribution >= 0.6 is 11.3 Å². The van der Waals surface area contributed by atoms with E-state index in [1.807, 2.05) is 0 Å². The van der Waals surface area contributed by atoms with Crippen LogP contribution in [0.4, 0.5) is 38.7 Å². The van der Waals surface area contributed by atoms with E-state index in [1.54, 1.807) is 0 Å². The molecule has 0 unspecified atom stereocenters. The molecule has 0 atom stereocenters. The Balaban J connectivity index is 1.24. The third-order valence-corrected chi connectivity index (χ3v) is 5.07. The van der Waals surface area contributed by atoms with Crippen molar-refractivity contribution >= 4 is 45.0 Å². The van der Waals surface area contributed by atoms with Gasteiger partial charge in [0.25, 0.3) is 5.91 Å². The van der Waals surface area contributed by atoms with Gasteiger partial charge in [-0.3, -0.25) is 10.1 Å². The van der Waals surface area contributed by atoms with Crippen LogP contribution in [0.5, 0.6) is 17.2 Å². The summed E-state index contributed by atoms with van der Waals surface area (Å²) < 4.78 is 75.6. The molecule has 3 heterocycles. The Kier molecular flexibility index (Phi) is 4.93. The molecular formula is C19H10F5N5O4S. The van der Waals surface area contributed by atoms with E-state index in [0.717, 1.165) is 23.5 Å². The van der Waals surface area contributed by atoms with Crippen LogP contribution in [0.25, 0.3) is 11.0 Å². The highest BCUT2D eigenvalue weighted by Gasteiger charge is 2.43. The molecule has 1 aliphatic heterocycles. The number of H-pyrrole nitrogens is 1. The van der Waals surface area contributed by atoms with Crippen molar-refractivity contribution in [1.82, 2.24) is 15.0 Å². The Labute approximate surface area is 189 Å². The predicted octanol–water partition coefficient (Wildman–Crippen LogP) is 5.24. The Morgan fingerprint density at radius 1 is 1.09 bits per heavy atom. The number of halogens is 5. The number of nitrogens with zero attached hydrogens (tertiary/aromatic N) is 2. The molecule has 0 bridgehead atoms. The van der Waals surface area contributed by atoms with E-state index >= 15 is 0 Å². The molecule has 5 rings (SSSR count). The third-order valence-electron chi connectivity index (χ3n) is 4.31. The molecule has 9 nitrogen and oxygen atoms in total. The van der Waals surface area contributed by atoms with E-state index in [2.05, 4.69) is 39.8 Å². The van der Waals surface area contributed by atoms with E-state index < -0.39 is 18.6 Å². The fourth-order valence-electron chi connectivity index (χ4n) is 2.98. The van der Waals surface area contributed by atoms with Gasteiger partial charge in [0.2, 0.25) is 5.95 Å². The first-order chi connectivity index (χ1) is 16.0. The van der Waals surface area contributed by atoms with Crippen LogP contribution in [0.3, 0.4) is 0 Å². The molecular weight excluding hydrogens is 489 g/mol. The molecule has 0 radical (unpaired) electrons. The van der Waals surface area contributed by atoms with Crippen molar-refractivity contribution < 1.29 is 41.0 Å². The number of thiazole rings is 1. The highest BCUT2D eigenvalue weighted by Crippen LogP contribution is 2.43. The van der Waals surface area contributed by atoms with Gasteiger partial charge in [-0.2, -0.15) is 0 Å². The maximum Gasteiger partial charge on any atom is 0.586 e. The Morgan fingerprint density at radius 2 is 1.79 bits per heavy atom. The Bertz CT molecular complexity index is 1340. The summed E-state index contributed by atoms with van der Waals surface area (Å²) in [6.07, 6.45) is -8.55. The van der Waals surface area contributed by atoms with E-state index in [-0.39, 0.29) is 34.4 Å². The van der Waals surface area contributed by atoms with Crippen LogP contribution in [-0.2, 0) is 0 Å². The van der Waals surface area contributed by atoms with Crippen molar-refractivity contribution in [2.24, 2.45) is 0 Å². The van der Waals surface area contributed by atoms with Crippen LogP contribution in [-0.4, -0.2) is 33.5 Å². The standard InChI is InChI=1S/C19H10F5N5O4S/c20-18(21,22)31-9-3-1-8(2-4-9)25-17-28-12(7-34-17)15(30)29-16-26-10-5-13-14(6-11(10)27-16)33-19(23,24)32-13/h1-7H,(H,25,28)(H2,26,27,29,30). The third kappa shape index (κ3) is 4.63. The van der Waals surface area contributed by atoms with E-state index in [1.165, 1.54) is 29.6 Å². The number of amides is 1. The van der Waals surface area contributed by atoms with Crippen molar-refractivity contribution in [2.75, 3.05) is 10.6 Å². The summed E-state index contributed by atoms with van der Waals surface area (Å²) in [5, 5.41) is 7.14. The fourth-order valence-corrected chi connectivity index (χ4v) is 3.69. The number of alkyl halides is 5. The molecule has 4 aromatic rings. The largest absolute Gasteiger partial charge is 0.586 e. The Hall–Kier alpha value is -4.14. The normalized spacial score (nSPS) is 14.3. The summed E-state index contributed by atoms with van der Waals surface area (Å²) in [6, 6.07) is 7.49. The molecule has 15 heteroatoms. The lowest BCUT2D eigenvalue weighted by molar-refractivity contribution is -0.286. The topological polar surface area (TPSA) is 110 Å². The summed E-state index contributed by atoms with van der Waals surface area (Å²) >= 11 is 1.09. The van der Waals surface area contributed by atoms with Gasteiger partial charge in [0.15, 0.2) is 16.6 Å². The number of fused-ring (bicyclic) bond motifs is 2.